The number of carboxylic acid groups (broad SMARTS) is 1. The Hall–Kier alpha value is -2.04. The zero-order valence-electron chi connectivity index (χ0n) is 12.5. The summed E-state index contributed by atoms with van der Waals surface area (Å²) in [7, 11) is 1.60. The molecular weight excluding hydrogens is 268 g/mol. The van der Waals surface area contributed by atoms with Crippen LogP contribution in [0.4, 0.5) is 10.5 Å². The highest BCUT2D eigenvalue weighted by Gasteiger charge is 2.25. The molecule has 0 aromatic heterocycles. The van der Waals surface area contributed by atoms with Crippen LogP contribution < -0.4 is 10.2 Å². The molecule has 21 heavy (non-hydrogen) atoms. The lowest BCUT2D eigenvalue weighted by Crippen LogP contribution is -2.45. The van der Waals surface area contributed by atoms with Crippen LogP contribution in [0.25, 0.3) is 0 Å². The van der Waals surface area contributed by atoms with E-state index in [1.807, 2.05) is 6.92 Å². The normalized spacial score (nSPS) is 16.5. The largest absolute Gasteiger partial charge is 0.478 e. The van der Waals surface area contributed by atoms with E-state index in [1.54, 1.807) is 25.2 Å². The van der Waals surface area contributed by atoms with Gasteiger partial charge in [-0.05, 0) is 37.8 Å². The number of anilines is 1. The minimum absolute atomic E-state index is 0.111. The Kier molecular flexibility index (Phi) is 4.83. The maximum atomic E-state index is 12.3. The van der Waals surface area contributed by atoms with Crippen LogP contribution in [0.3, 0.4) is 0 Å². The van der Waals surface area contributed by atoms with Crippen LogP contribution in [0.2, 0.25) is 0 Å². The Morgan fingerprint density at radius 1 is 1.29 bits per heavy atom. The Bertz CT molecular complexity index is 524. The fourth-order valence-electron chi connectivity index (χ4n) is 2.92. The molecule has 1 aromatic rings. The number of hydrogen-bond donors (Lipinski definition) is 2. The topological polar surface area (TPSA) is 69.6 Å². The van der Waals surface area contributed by atoms with Crippen molar-refractivity contribution in [3.05, 3.63) is 29.8 Å². The van der Waals surface area contributed by atoms with Crippen molar-refractivity contribution in [3.63, 3.8) is 0 Å². The van der Waals surface area contributed by atoms with E-state index in [0.717, 1.165) is 12.8 Å². The first-order chi connectivity index (χ1) is 10.0. The molecule has 2 amide bonds. The highest BCUT2D eigenvalue weighted by molar-refractivity contribution is 6.01. The second kappa shape index (κ2) is 6.61. The number of hydrogen-bond acceptors (Lipinski definition) is 2. The maximum absolute atomic E-state index is 12.3. The summed E-state index contributed by atoms with van der Waals surface area (Å²) in [6.07, 6.45) is 4.75. The number of benzene rings is 1. The standard InChI is InChI=1S/C16H22N2O3/c1-11(12-7-3-4-8-12)17-16(21)18(2)14-10-6-5-9-13(14)15(19)20/h5-6,9-12H,3-4,7-8H2,1-2H3,(H,17,21)(H,19,20). The Labute approximate surface area is 125 Å². The van der Waals surface area contributed by atoms with Gasteiger partial charge in [0.25, 0.3) is 0 Å². The Morgan fingerprint density at radius 3 is 2.52 bits per heavy atom. The zero-order valence-corrected chi connectivity index (χ0v) is 12.5. The van der Waals surface area contributed by atoms with Crippen LogP contribution in [-0.4, -0.2) is 30.2 Å². The highest BCUT2D eigenvalue weighted by Crippen LogP contribution is 2.28. The lowest BCUT2D eigenvalue weighted by atomic mass is 10.00. The van der Waals surface area contributed by atoms with Gasteiger partial charge < -0.3 is 10.4 Å². The summed E-state index contributed by atoms with van der Waals surface area (Å²) in [5.41, 5.74) is 0.532. The van der Waals surface area contributed by atoms with Gasteiger partial charge in [0.05, 0.1) is 11.3 Å². The number of carboxylic acids is 1. The zero-order chi connectivity index (χ0) is 15.4. The van der Waals surface area contributed by atoms with Crippen molar-refractivity contribution in [2.75, 3.05) is 11.9 Å². The van der Waals surface area contributed by atoms with Crippen LogP contribution in [0, 0.1) is 5.92 Å². The third-order valence-corrected chi connectivity index (χ3v) is 4.26. The second-order valence-corrected chi connectivity index (χ2v) is 5.66. The van der Waals surface area contributed by atoms with Gasteiger partial charge in [0.1, 0.15) is 0 Å². The summed E-state index contributed by atoms with van der Waals surface area (Å²) in [4.78, 5) is 24.9. The molecule has 0 saturated heterocycles. The first kappa shape index (κ1) is 15.4. The Balaban J connectivity index is 2.07. The molecular formula is C16H22N2O3. The predicted octanol–water partition coefficient (Wildman–Crippen LogP) is 3.11. The molecule has 1 unspecified atom stereocenters. The monoisotopic (exact) mass is 290 g/mol. The van der Waals surface area contributed by atoms with Gasteiger partial charge in [0.2, 0.25) is 0 Å². The quantitative estimate of drug-likeness (QED) is 0.895. The van der Waals surface area contributed by atoms with Crippen LogP contribution in [0.1, 0.15) is 43.0 Å². The van der Waals surface area contributed by atoms with Crippen LogP contribution >= 0.6 is 0 Å². The lowest BCUT2D eigenvalue weighted by Gasteiger charge is -2.25. The Morgan fingerprint density at radius 2 is 1.90 bits per heavy atom. The molecule has 1 aliphatic rings. The molecule has 1 fully saturated rings. The van der Waals surface area contributed by atoms with Gasteiger partial charge in [-0.25, -0.2) is 9.59 Å². The summed E-state index contributed by atoms with van der Waals surface area (Å²) in [5, 5.41) is 12.2. The lowest BCUT2D eigenvalue weighted by molar-refractivity contribution is 0.0697. The molecule has 0 bridgehead atoms. The third-order valence-electron chi connectivity index (χ3n) is 4.26. The molecule has 5 heteroatoms. The van der Waals surface area contributed by atoms with E-state index in [1.165, 1.54) is 23.8 Å². The molecule has 0 aliphatic heterocycles. The van der Waals surface area contributed by atoms with Gasteiger partial charge in [-0.3, -0.25) is 4.90 Å². The molecule has 1 aromatic carbocycles. The van der Waals surface area contributed by atoms with Gasteiger partial charge in [-0.1, -0.05) is 25.0 Å². The highest BCUT2D eigenvalue weighted by atomic mass is 16.4. The van der Waals surface area contributed by atoms with Gasteiger partial charge in [-0.2, -0.15) is 0 Å². The van der Waals surface area contributed by atoms with Crippen molar-refractivity contribution < 1.29 is 14.7 Å². The minimum atomic E-state index is -1.03. The molecule has 1 aliphatic carbocycles. The summed E-state index contributed by atoms with van der Waals surface area (Å²) in [6.45, 7) is 2.02. The van der Waals surface area contributed by atoms with Crippen molar-refractivity contribution in [1.82, 2.24) is 5.32 Å². The number of carbonyl (C=O) groups excluding carboxylic acids is 1. The smallest absolute Gasteiger partial charge is 0.337 e. The van der Waals surface area contributed by atoms with E-state index in [4.69, 9.17) is 0 Å². The van der Waals surface area contributed by atoms with Gasteiger partial charge >= 0.3 is 12.0 Å². The first-order valence-electron chi connectivity index (χ1n) is 7.37. The van der Waals surface area contributed by atoms with E-state index >= 15 is 0 Å². The fraction of sp³-hybridized carbons (Fsp3) is 0.500. The van der Waals surface area contributed by atoms with Gasteiger partial charge in [0.15, 0.2) is 0 Å². The van der Waals surface area contributed by atoms with Crippen molar-refractivity contribution in [2.45, 2.75) is 38.6 Å². The summed E-state index contributed by atoms with van der Waals surface area (Å²) in [6, 6.07) is 6.37. The first-order valence-corrected chi connectivity index (χ1v) is 7.37. The molecule has 2 rings (SSSR count). The van der Waals surface area contributed by atoms with E-state index in [2.05, 4.69) is 5.32 Å². The molecule has 114 valence electrons. The number of nitrogens with one attached hydrogen (secondary N) is 1. The summed E-state index contributed by atoms with van der Waals surface area (Å²) in [5.74, 6) is -0.508. The van der Waals surface area contributed by atoms with E-state index in [9.17, 15) is 14.7 Å². The van der Waals surface area contributed by atoms with E-state index < -0.39 is 5.97 Å². The summed E-state index contributed by atoms with van der Waals surface area (Å²) >= 11 is 0. The predicted molar refractivity (Wildman–Crippen MR) is 81.8 cm³/mol. The number of rotatable bonds is 4. The maximum Gasteiger partial charge on any atom is 0.337 e. The third kappa shape index (κ3) is 3.54. The van der Waals surface area contributed by atoms with E-state index in [0.29, 0.717) is 11.6 Å². The molecule has 1 saturated carbocycles. The second-order valence-electron chi connectivity index (χ2n) is 5.66. The number of nitrogens with zero attached hydrogens (tertiary/aromatic N) is 1. The number of amides is 2. The molecule has 1 atom stereocenters. The summed E-state index contributed by atoms with van der Waals surface area (Å²) < 4.78 is 0. The fourth-order valence-corrected chi connectivity index (χ4v) is 2.92. The minimum Gasteiger partial charge on any atom is -0.478 e. The average Bonchev–Trinajstić information content (AvgIpc) is 3.00. The molecule has 0 spiro atoms. The molecule has 2 N–H and O–H groups in total. The van der Waals surface area contributed by atoms with Crippen LogP contribution in [0.5, 0.6) is 0 Å². The SMILES string of the molecule is CC(NC(=O)N(C)c1ccccc1C(=O)O)C1CCCC1. The number of para-hydroxylation sites is 1. The molecule has 0 heterocycles. The van der Waals surface area contributed by atoms with Crippen molar-refractivity contribution in [2.24, 2.45) is 5.92 Å². The van der Waals surface area contributed by atoms with Gasteiger partial charge in [0, 0.05) is 13.1 Å². The van der Waals surface area contributed by atoms with Crippen LogP contribution in [0.15, 0.2) is 24.3 Å². The van der Waals surface area contributed by atoms with Crippen molar-refractivity contribution >= 4 is 17.7 Å². The van der Waals surface area contributed by atoms with Crippen LogP contribution in [-0.2, 0) is 0 Å². The molecule has 0 radical (unpaired) electrons. The average molecular weight is 290 g/mol. The molecule has 5 nitrogen and oxygen atoms in total. The number of aromatic carboxylic acids is 1. The van der Waals surface area contributed by atoms with Crippen molar-refractivity contribution in [1.29, 1.82) is 0 Å². The van der Waals surface area contributed by atoms with Gasteiger partial charge in [-0.15, -0.1) is 0 Å². The van der Waals surface area contributed by atoms with E-state index in [-0.39, 0.29) is 17.6 Å². The van der Waals surface area contributed by atoms with Crippen molar-refractivity contribution in [3.8, 4) is 0 Å². The number of carbonyl (C=O) groups is 2. The number of urea groups is 1.